The second kappa shape index (κ2) is 10.8. The highest BCUT2D eigenvalue weighted by molar-refractivity contribution is 7.15. The number of thiazole rings is 1. The molecule has 1 aliphatic carbocycles. The van der Waals surface area contributed by atoms with Gasteiger partial charge in [0.05, 0.1) is 4.88 Å². The number of benzene rings is 2. The Morgan fingerprint density at radius 3 is 2.67 bits per heavy atom. The van der Waals surface area contributed by atoms with Gasteiger partial charge in [-0.1, -0.05) is 6.07 Å². The molecule has 2 aromatic carbocycles. The van der Waals surface area contributed by atoms with Crippen molar-refractivity contribution in [1.82, 2.24) is 19.9 Å². The summed E-state index contributed by atoms with van der Waals surface area (Å²) in [6.07, 6.45) is 1.89. The average molecular weight is 593 g/mol. The number of aliphatic hydroxyl groups is 1. The largest absolute Gasteiger partial charge is 0.433 e. The zero-order valence-corrected chi connectivity index (χ0v) is 23.3. The van der Waals surface area contributed by atoms with Crippen molar-refractivity contribution in [2.75, 3.05) is 10.6 Å². The van der Waals surface area contributed by atoms with Gasteiger partial charge >= 0.3 is 6.18 Å². The summed E-state index contributed by atoms with van der Waals surface area (Å²) >= 11 is 1.36. The summed E-state index contributed by atoms with van der Waals surface area (Å²) in [5.74, 6) is -0.432. The van der Waals surface area contributed by atoms with Crippen molar-refractivity contribution < 1.29 is 23.1 Å². The van der Waals surface area contributed by atoms with Gasteiger partial charge in [-0.3, -0.25) is 4.79 Å². The van der Waals surface area contributed by atoms with Gasteiger partial charge in [-0.15, -0.1) is 11.3 Å². The van der Waals surface area contributed by atoms with Crippen LogP contribution in [0.1, 0.15) is 41.9 Å². The Balaban J connectivity index is 1.12. The monoisotopic (exact) mass is 592 g/mol. The van der Waals surface area contributed by atoms with Crippen molar-refractivity contribution in [3.05, 3.63) is 83.4 Å². The van der Waals surface area contributed by atoms with Crippen LogP contribution in [-0.2, 0) is 16.6 Å². The molecule has 216 valence electrons. The van der Waals surface area contributed by atoms with Gasteiger partial charge in [-0.2, -0.15) is 13.2 Å². The van der Waals surface area contributed by atoms with Crippen LogP contribution >= 0.6 is 11.3 Å². The lowest BCUT2D eigenvalue weighted by Crippen LogP contribution is -2.35. The number of halogens is 3. The van der Waals surface area contributed by atoms with Crippen LogP contribution in [0.3, 0.4) is 0 Å². The number of carbonyl (C=O) groups excluding carboxylic acids is 1. The first-order valence-corrected chi connectivity index (χ1v) is 14.2. The molecule has 0 radical (unpaired) electrons. The van der Waals surface area contributed by atoms with E-state index in [1.807, 2.05) is 43.5 Å². The molecule has 1 amide bonds. The maximum Gasteiger partial charge on any atom is 0.433 e. The quantitative estimate of drug-likeness (QED) is 0.166. The number of anilines is 3. The van der Waals surface area contributed by atoms with Crippen LogP contribution < -0.4 is 10.6 Å². The van der Waals surface area contributed by atoms with Gasteiger partial charge in [0.1, 0.15) is 16.3 Å². The first-order valence-electron chi connectivity index (χ1n) is 13.4. The number of amides is 1. The molecule has 0 atom stereocenters. The van der Waals surface area contributed by atoms with E-state index in [0.29, 0.717) is 36.4 Å². The van der Waals surface area contributed by atoms with Crippen molar-refractivity contribution in [3.63, 3.8) is 0 Å². The minimum Gasteiger partial charge on any atom is -0.383 e. The molecular weight excluding hydrogens is 565 g/mol. The molecule has 1 fully saturated rings. The molecule has 0 unspecified atom stereocenters. The first kappa shape index (κ1) is 27.9. The summed E-state index contributed by atoms with van der Waals surface area (Å²) in [4.78, 5) is 28.9. The SMILES string of the molecule is Cc1cc(Nc2nccc(C(F)(F)F)n2)cc(-c2cnc([C@]3(O)CC[C@H](C(=O)Nc4ccc5[nH]ccc5c4)CC3)s2)c1. The van der Waals surface area contributed by atoms with E-state index in [4.69, 9.17) is 0 Å². The number of nitrogens with one attached hydrogen (secondary N) is 3. The number of hydrogen-bond acceptors (Lipinski definition) is 7. The van der Waals surface area contributed by atoms with E-state index in [1.54, 1.807) is 18.3 Å². The number of hydrogen-bond donors (Lipinski definition) is 4. The minimum atomic E-state index is -4.57. The second-order valence-corrected chi connectivity index (χ2v) is 11.6. The number of aromatic nitrogens is 4. The molecule has 42 heavy (non-hydrogen) atoms. The van der Waals surface area contributed by atoms with E-state index in [0.717, 1.165) is 44.9 Å². The third kappa shape index (κ3) is 5.86. The molecule has 5 aromatic rings. The van der Waals surface area contributed by atoms with Gasteiger partial charge in [0.2, 0.25) is 11.9 Å². The highest BCUT2D eigenvalue weighted by Gasteiger charge is 2.39. The number of carbonyl (C=O) groups is 1. The molecule has 0 saturated heterocycles. The lowest BCUT2D eigenvalue weighted by atomic mass is 9.78. The predicted molar refractivity (Wildman–Crippen MR) is 155 cm³/mol. The van der Waals surface area contributed by atoms with E-state index < -0.39 is 17.5 Å². The summed E-state index contributed by atoms with van der Waals surface area (Å²) in [5, 5.41) is 18.9. The van der Waals surface area contributed by atoms with Gasteiger partial charge in [0, 0.05) is 46.8 Å². The van der Waals surface area contributed by atoms with Gasteiger partial charge in [0.25, 0.3) is 0 Å². The number of rotatable bonds is 6. The molecular formula is C30H27F3N6O2S. The van der Waals surface area contributed by atoms with Crippen molar-refractivity contribution in [2.45, 2.75) is 44.4 Å². The van der Waals surface area contributed by atoms with Gasteiger partial charge < -0.3 is 20.7 Å². The molecule has 12 heteroatoms. The number of fused-ring (bicyclic) bond motifs is 1. The lowest BCUT2D eigenvalue weighted by Gasteiger charge is -2.33. The normalized spacial score (nSPS) is 19.1. The smallest absolute Gasteiger partial charge is 0.383 e. The van der Waals surface area contributed by atoms with Crippen LogP contribution in [0.5, 0.6) is 0 Å². The van der Waals surface area contributed by atoms with Crippen molar-refractivity contribution in [1.29, 1.82) is 0 Å². The van der Waals surface area contributed by atoms with E-state index in [9.17, 15) is 23.1 Å². The topological polar surface area (TPSA) is 116 Å². The van der Waals surface area contributed by atoms with Crippen LogP contribution in [-0.4, -0.2) is 30.9 Å². The first-order chi connectivity index (χ1) is 20.1. The van der Waals surface area contributed by atoms with Crippen molar-refractivity contribution in [3.8, 4) is 10.4 Å². The van der Waals surface area contributed by atoms with Gasteiger partial charge in [-0.05, 0) is 86.2 Å². The lowest BCUT2D eigenvalue weighted by molar-refractivity contribution is -0.141. The Morgan fingerprint density at radius 1 is 1.07 bits per heavy atom. The molecule has 0 aliphatic heterocycles. The van der Waals surface area contributed by atoms with E-state index in [1.165, 1.54) is 11.3 Å². The van der Waals surface area contributed by atoms with Gasteiger partial charge in [-0.25, -0.2) is 15.0 Å². The van der Waals surface area contributed by atoms with Crippen LogP contribution in [0.15, 0.2) is 67.1 Å². The van der Waals surface area contributed by atoms with Crippen molar-refractivity contribution in [2.24, 2.45) is 5.92 Å². The van der Waals surface area contributed by atoms with E-state index >= 15 is 0 Å². The van der Waals surface area contributed by atoms with E-state index in [-0.39, 0.29) is 17.8 Å². The Labute approximate surface area is 243 Å². The third-order valence-corrected chi connectivity index (χ3v) is 8.71. The molecule has 0 spiro atoms. The predicted octanol–water partition coefficient (Wildman–Crippen LogP) is 7.17. The van der Waals surface area contributed by atoms with Crippen LogP contribution in [0, 0.1) is 12.8 Å². The molecule has 0 bridgehead atoms. The fourth-order valence-electron chi connectivity index (χ4n) is 5.27. The highest BCUT2D eigenvalue weighted by atomic mass is 32.1. The number of aryl methyl sites for hydroxylation is 1. The van der Waals surface area contributed by atoms with Crippen LogP contribution in [0.25, 0.3) is 21.3 Å². The summed E-state index contributed by atoms with van der Waals surface area (Å²) in [5.41, 5.74) is 1.77. The fraction of sp³-hybridized carbons (Fsp3) is 0.267. The average Bonchev–Trinajstić information content (AvgIpc) is 3.63. The Morgan fingerprint density at radius 2 is 1.88 bits per heavy atom. The minimum absolute atomic E-state index is 0.0590. The summed E-state index contributed by atoms with van der Waals surface area (Å²) < 4.78 is 39.2. The molecule has 3 heterocycles. The zero-order chi connectivity index (χ0) is 29.5. The number of alkyl halides is 3. The van der Waals surface area contributed by atoms with E-state index in [2.05, 4.69) is 30.6 Å². The fourth-order valence-corrected chi connectivity index (χ4v) is 6.32. The summed E-state index contributed by atoms with van der Waals surface area (Å²) in [6.45, 7) is 1.87. The zero-order valence-electron chi connectivity index (χ0n) is 22.5. The second-order valence-electron chi connectivity index (χ2n) is 10.6. The summed E-state index contributed by atoms with van der Waals surface area (Å²) in [6, 6.07) is 14.0. The number of aromatic amines is 1. The third-order valence-electron chi connectivity index (χ3n) is 7.47. The molecule has 8 nitrogen and oxygen atoms in total. The molecule has 6 rings (SSSR count). The Kier molecular flexibility index (Phi) is 7.19. The standard InChI is InChI=1S/C30H27F3N6O2S/c1-17-12-20(15-22(13-17)38-28-35-11-7-25(39-28)30(31,32)33)24-16-36-27(42-24)29(41)8-4-18(5-9-29)26(40)37-21-2-3-23-19(14-21)6-10-34-23/h2-3,6-7,10-16,18,34,41H,4-5,8-9H2,1H3,(H,37,40)(H,35,38,39)/t18-,29-. The Bertz CT molecular complexity index is 1760. The Hall–Kier alpha value is -4.29. The maximum atomic E-state index is 13.1. The number of H-pyrrole nitrogens is 1. The molecule has 4 N–H and O–H groups in total. The highest BCUT2D eigenvalue weighted by Crippen LogP contribution is 2.43. The van der Waals surface area contributed by atoms with Gasteiger partial charge in [0.15, 0.2) is 0 Å². The van der Waals surface area contributed by atoms with Crippen LogP contribution in [0.2, 0.25) is 0 Å². The molecule has 1 saturated carbocycles. The summed E-state index contributed by atoms with van der Waals surface area (Å²) in [7, 11) is 0. The number of nitrogens with zero attached hydrogens (tertiary/aromatic N) is 3. The molecule has 1 aliphatic rings. The van der Waals surface area contributed by atoms with Crippen molar-refractivity contribution >= 4 is 45.5 Å². The maximum absolute atomic E-state index is 13.1. The molecule has 3 aromatic heterocycles. The van der Waals surface area contributed by atoms with Crippen LogP contribution in [0.4, 0.5) is 30.5 Å².